The van der Waals surface area contributed by atoms with Gasteiger partial charge < -0.3 is 15.8 Å². The molecule has 1 atom stereocenters. The van der Waals surface area contributed by atoms with Crippen molar-refractivity contribution in [2.45, 2.75) is 19.8 Å². The Hall–Kier alpha value is -1.07. The lowest BCUT2D eigenvalue weighted by Gasteiger charge is -2.22. The van der Waals surface area contributed by atoms with Gasteiger partial charge in [0.15, 0.2) is 0 Å². The van der Waals surface area contributed by atoms with Crippen LogP contribution in [0.1, 0.15) is 18.4 Å². The Kier molecular flexibility index (Phi) is 4.24. The van der Waals surface area contributed by atoms with E-state index in [0.29, 0.717) is 18.0 Å². The molecule has 0 saturated carbocycles. The molecule has 1 aliphatic rings. The molecule has 4 nitrogen and oxygen atoms in total. The normalized spacial score (nSPS) is 19.6. The van der Waals surface area contributed by atoms with E-state index in [4.69, 9.17) is 10.5 Å². The summed E-state index contributed by atoms with van der Waals surface area (Å²) in [7, 11) is 0. The number of benzene rings is 1. The van der Waals surface area contributed by atoms with E-state index in [0.717, 1.165) is 29.5 Å². The van der Waals surface area contributed by atoms with E-state index in [1.54, 1.807) is 6.07 Å². The highest BCUT2D eigenvalue weighted by Crippen LogP contribution is 2.28. The maximum atomic E-state index is 12.1. The summed E-state index contributed by atoms with van der Waals surface area (Å²) >= 11 is 3.38. The summed E-state index contributed by atoms with van der Waals surface area (Å²) in [6, 6.07) is 3.73. The minimum absolute atomic E-state index is 0.00757. The van der Waals surface area contributed by atoms with Gasteiger partial charge in [-0.15, -0.1) is 0 Å². The molecule has 5 heteroatoms. The lowest BCUT2D eigenvalue weighted by atomic mass is 10.0. The Morgan fingerprint density at radius 1 is 1.56 bits per heavy atom. The summed E-state index contributed by atoms with van der Waals surface area (Å²) in [4.78, 5) is 12.1. The number of nitrogens with one attached hydrogen (secondary N) is 1. The second kappa shape index (κ2) is 5.71. The van der Waals surface area contributed by atoms with E-state index < -0.39 is 0 Å². The van der Waals surface area contributed by atoms with Crippen LogP contribution in [0, 0.1) is 12.8 Å². The predicted octanol–water partition coefficient (Wildman–Crippen LogP) is 2.70. The first-order valence-corrected chi connectivity index (χ1v) is 6.81. The number of nitrogens with two attached hydrogens (primary N) is 1. The molecule has 1 aliphatic heterocycles. The van der Waals surface area contributed by atoms with E-state index in [1.165, 1.54) is 0 Å². The number of carbonyl (C=O) groups is 1. The molecule has 0 aliphatic carbocycles. The average Bonchev–Trinajstić information content (AvgIpc) is 2.34. The topological polar surface area (TPSA) is 64.3 Å². The fraction of sp³-hybridized carbons (Fsp3) is 0.462. The van der Waals surface area contributed by atoms with Gasteiger partial charge in [0.05, 0.1) is 23.9 Å². The van der Waals surface area contributed by atoms with E-state index in [9.17, 15) is 4.79 Å². The molecule has 2 rings (SSSR count). The van der Waals surface area contributed by atoms with Crippen molar-refractivity contribution >= 4 is 33.2 Å². The molecule has 1 heterocycles. The van der Waals surface area contributed by atoms with E-state index >= 15 is 0 Å². The van der Waals surface area contributed by atoms with Crippen LogP contribution in [-0.4, -0.2) is 19.1 Å². The highest BCUT2D eigenvalue weighted by atomic mass is 79.9. The van der Waals surface area contributed by atoms with Crippen molar-refractivity contribution in [1.82, 2.24) is 0 Å². The van der Waals surface area contributed by atoms with Crippen LogP contribution in [0.5, 0.6) is 0 Å². The predicted molar refractivity (Wildman–Crippen MR) is 75.5 cm³/mol. The highest BCUT2D eigenvalue weighted by Gasteiger charge is 2.22. The largest absolute Gasteiger partial charge is 0.397 e. The number of amides is 1. The summed E-state index contributed by atoms with van der Waals surface area (Å²) in [6.45, 7) is 3.18. The van der Waals surface area contributed by atoms with Crippen molar-refractivity contribution in [3.05, 3.63) is 22.2 Å². The quantitative estimate of drug-likeness (QED) is 0.825. The van der Waals surface area contributed by atoms with Crippen LogP contribution in [0.2, 0.25) is 0 Å². The summed E-state index contributed by atoms with van der Waals surface area (Å²) in [5, 5.41) is 2.91. The van der Waals surface area contributed by atoms with Crippen LogP contribution >= 0.6 is 15.9 Å². The number of hydrogen-bond donors (Lipinski definition) is 2. The minimum Gasteiger partial charge on any atom is -0.397 e. The third-order valence-electron chi connectivity index (χ3n) is 3.11. The van der Waals surface area contributed by atoms with Gasteiger partial charge in [0.2, 0.25) is 5.91 Å². The number of halogens is 1. The summed E-state index contributed by atoms with van der Waals surface area (Å²) < 4.78 is 6.23. The molecule has 18 heavy (non-hydrogen) atoms. The van der Waals surface area contributed by atoms with Gasteiger partial charge in [-0.05, 0) is 37.5 Å². The second-order valence-electron chi connectivity index (χ2n) is 4.59. The number of rotatable bonds is 2. The van der Waals surface area contributed by atoms with Gasteiger partial charge in [-0.3, -0.25) is 4.79 Å². The van der Waals surface area contributed by atoms with Crippen LogP contribution in [0.25, 0.3) is 0 Å². The molecule has 3 N–H and O–H groups in total. The molecule has 1 aromatic rings. The summed E-state index contributed by atoms with van der Waals surface area (Å²) in [5.74, 6) is -0.0759. The fourth-order valence-corrected chi connectivity index (χ4v) is 2.70. The van der Waals surface area contributed by atoms with Crippen LogP contribution in [0.3, 0.4) is 0 Å². The Labute approximate surface area is 115 Å². The molecule has 1 unspecified atom stereocenters. The summed E-state index contributed by atoms with van der Waals surface area (Å²) in [5.41, 5.74) is 8.15. The molecule has 0 radical (unpaired) electrons. The van der Waals surface area contributed by atoms with E-state index in [-0.39, 0.29) is 11.8 Å². The smallest absolute Gasteiger partial charge is 0.229 e. The van der Waals surface area contributed by atoms with Gasteiger partial charge in [0.25, 0.3) is 0 Å². The van der Waals surface area contributed by atoms with Crippen LogP contribution in [0.4, 0.5) is 11.4 Å². The third kappa shape index (κ3) is 3.03. The number of nitrogen functional groups attached to an aromatic ring is 1. The maximum Gasteiger partial charge on any atom is 0.229 e. The lowest BCUT2D eigenvalue weighted by molar-refractivity contribution is -0.123. The molecular formula is C13H17BrN2O2. The number of ether oxygens (including phenoxy) is 1. The first kappa shape index (κ1) is 13.4. The standard InChI is InChI=1S/C13H17BrN2O2/c1-8-5-10(14)6-11(15)12(8)16-13(17)9-3-2-4-18-7-9/h5-6,9H,2-4,7,15H2,1H3,(H,16,17). The zero-order valence-corrected chi connectivity index (χ0v) is 11.9. The molecule has 1 fully saturated rings. The van der Waals surface area contributed by atoms with Crippen LogP contribution in [0.15, 0.2) is 16.6 Å². The van der Waals surface area contributed by atoms with E-state index in [1.807, 2.05) is 13.0 Å². The monoisotopic (exact) mass is 312 g/mol. The first-order valence-electron chi connectivity index (χ1n) is 6.02. The first-order chi connectivity index (χ1) is 8.58. The maximum absolute atomic E-state index is 12.1. The lowest BCUT2D eigenvalue weighted by Crippen LogP contribution is -2.30. The number of aryl methyl sites for hydroxylation is 1. The van der Waals surface area contributed by atoms with Gasteiger partial charge in [-0.2, -0.15) is 0 Å². The average molecular weight is 313 g/mol. The molecule has 0 spiro atoms. The van der Waals surface area contributed by atoms with E-state index in [2.05, 4.69) is 21.2 Å². The van der Waals surface area contributed by atoms with Crippen LogP contribution < -0.4 is 11.1 Å². The van der Waals surface area contributed by atoms with Crippen molar-refractivity contribution < 1.29 is 9.53 Å². The number of anilines is 2. The van der Waals surface area contributed by atoms with Gasteiger partial charge in [0, 0.05) is 11.1 Å². The van der Waals surface area contributed by atoms with Gasteiger partial charge >= 0.3 is 0 Å². The van der Waals surface area contributed by atoms with Crippen molar-refractivity contribution in [3.8, 4) is 0 Å². The van der Waals surface area contributed by atoms with Crippen molar-refractivity contribution in [2.24, 2.45) is 5.92 Å². The Morgan fingerprint density at radius 3 is 2.94 bits per heavy atom. The zero-order valence-electron chi connectivity index (χ0n) is 10.3. The number of hydrogen-bond acceptors (Lipinski definition) is 3. The number of carbonyl (C=O) groups excluding carboxylic acids is 1. The van der Waals surface area contributed by atoms with Crippen LogP contribution in [-0.2, 0) is 9.53 Å². The highest BCUT2D eigenvalue weighted by molar-refractivity contribution is 9.10. The molecule has 0 aromatic heterocycles. The van der Waals surface area contributed by atoms with Crippen molar-refractivity contribution in [2.75, 3.05) is 24.3 Å². The summed E-state index contributed by atoms with van der Waals surface area (Å²) in [6.07, 6.45) is 1.81. The van der Waals surface area contributed by atoms with Gasteiger partial charge in [-0.1, -0.05) is 15.9 Å². The van der Waals surface area contributed by atoms with Crippen molar-refractivity contribution in [3.63, 3.8) is 0 Å². The van der Waals surface area contributed by atoms with Crippen molar-refractivity contribution in [1.29, 1.82) is 0 Å². The van der Waals surface area contributed by atoms with Gasteiger partial charge in [-0.25, -0.2) is 0 Å². The zero-order chi connectivity index (χ0) is 13.1. The Bertz CT molecular complexity index is 433. The second-order valence-corrected chi connectivity index (χ2v) is 5.51. The van der Waals surface area contributed by atoms with Gasteiger partial charge in [0.1, 0.15) is 0 Å². The Balaban J connectivity index is 2.11. The molecule has 1 saturated heterocycles. The molecule has 1 aromatic carbocycles. The molecule has 0 bridgehead atoms. The molecule has 98 valence electrons. The SMILES string of the molecule is Cc1cc(Br)cc(N)c1NC(=O)C1CCCOC1. The minimum atomic E-state index is -0.0683. The Morgan fingerprint density at radius 2 is 2.33 bits per heavy atom. The fourth-order valence-electron chi connectivity index (χ4n) is 2.11. The molecule has 1 amide bonds. The molecular weight excluding hydrogens is 296 g/mol. The third-order valence-corrected chi connectivity index (χ3v) is 3.57.